The number of urea groups is 1. The van der Waals surface area contributed by atoms with Crippen LogP contribution in [0.4, 0.5) is 10.5 Å². The number of barbiturate groups is 1. The summed E-state index contributed by atoms with van der Waals surface area (Å²) in [6.07, 6.45) is 6.35. The predicted molar refractivity (Wildman–Crippen MR) is 150 cm³/mol. The van der Waals surface area contributed by atoms with Gasteiger partial charge in [-0.3, -0.25) is 14.9 Å². The smallest absolute Gasteiger partial charge is 0.335 e. The van der Waals surface area contributed by atoms with Gasteiger partial charge >= 0.3 is 6.03 Å². The normalized spacial score (nSPS) is 14.4. The van der Waals surface area contributed by atoms with Gasteiger partial charge in [-0.05, 0) is 55.7 Å². The number of anilines is 1. The van der Waals surface area contributed by atoms with Crippen LogP contribution in [-0.2, 0) is 9.59 Å². The average Bonchev–Trinajstić information content (AvgIpc) is 2.91. The zero-order chi connectivity index (χ0) is 28.4. The topological polar surface area (TPSA) is 103 Å². The van der Waals surface area contributed by atoms with Crippen molar-refractivity contribution in [3.05, 3.63) is 46.5 Å². The molecule has 0 aliphatic carbocycles. The highest BCUT2D eigenvalue weighted by molar-refractivity contribution is 6.39. The number of nitrogens with zero attached hydrogens (tertiary/aromatic N) is 1. The van der Waals surface area contributed by atoms with Crippen molar-refractivity contribution in [2.45, 2.75) is 52.9 Å². The number of benzene rings is 2. The molecule has 1 N–H and O–H groups in total. The van der Waals surface area contributed by atoms with E-state index in [1.54, 1.807) is 24.3 Å². The van der Waals surface area contributed by atoms with Crippen molar-refractivity contribution in [2.24, 2.45) is 0 Å². The van der Waals surface area contributed by atoms with Crippen molar-refractivity contribution in [2.75, 3.05) is 31.8 Å². The minimum atomic E-state index is -0.869. The lowest BCUT2D eigenvalue weighted by atomic mass is 10.1. The second-order valence-corrected chi connectivity index (χ2v) is 9.22. The highest BCUT2D eigenvalue weighted by atomic mass is 35.5. The van der Waals surface area contributed by atoms with Gasteiger partial charge in [0.15, 0.2) is 23.0 Å². The molecule has 0 aromatic heterocycles. The van der Waals surface area contributed by atoms with Crippen LogP contribution >= 0.6 is 11.6 Å². The van der Waals surface area contributed by atoms with E-state index in [9.17, 15) is 14.4 Å². The standard InChI is InChI=1S/C29H35ClN2O7/c1-5-8-9-10-14-39-26-22(30)16-19(17-25(26)37-7-3)15-21-27(33)31-29(35)32(28(21)34)20-11-12-23(38-13-6-2)24(18-20)36-4/h11-12,15-18H,5-10,13-14H2,1-4H3,(H,31,33,35)/b21-15-. The van der Waals surface area contributed by atoms with Gasteiger partial charge in [0.25, 0.3) is 11.8 Å². The van der Waals surface area contributed by atoms with E-state index in [4.69, 9.17) is 30.5 Å². The maximum atomic E-state index is 13.4. The second kappa shape index (κ2) is 14.4. The molecule has 1 aliphatic rings. The van der Waals surface area contributed by atoms with E-state index in [1.807, 2.05) is 13.8 Å². The highest BCUT2D eigenvalue weighted by Crippen LogP contribution is 2.38. The molecule has 1 aliphatic heterocycles. The summed E-state index contributed by atoms with van der Waals surface area (Å²) >= 11 is 6.52. The molecule has 0 saturated carbocycles. The van der Waals surface area contributed by atoms with E-state index >= 15 is 0 Å². The Morgan fingerprint density at radius 3 is 2.36 bits per heavy atom. The zero-order valence-electron chi connectivity index (χ0n) is 22.8. The monoisotopic (exact) mass is 558 g/mol. The predicted octanol–water partition coefficient (Wildman–Crippen LogP) is 6.16. The Kier molecular flexibility index (Phi) is 11.0. The van der Waals surface area contributed by atoms with E-state index in [0.29, 0.717) is 48.4 Å². The molecule has 9 nitrogen and oxygen atoms in total. The molecule has 1 fully saturated rings. The lowest BCUT2D eigenvalue weighted by Crippen LogP contribution is -2.54. The number of nitrogens with one attached hydrogen (secondary N) is 1. The molecule has 210 valence electrons. The molecular weight excluding hydrogens is 524 g/mol. The number of carbonyl (C=O) groups is 3. The number of unbranched alkanes of at least 4 members (excludes halogenated alkanes) is 3. The summed E-state index contributed by atoms with van der Waals surface area (Å²) in [5, 5.41) is 2.51. The largest absolute Gasteiger partial charge is 0.493 e. The molecular formula is C29H35ClN2O7. The Morgan fingerprint density at radius 2 is 1.67 bits per heavy atom. The lowest BCUT2D eigenvalue weighted by Gasteiger charge is -2.27. The molecule has 0 spiro atoms. The number of imide groups is 2. The fraction of sp³-hybridized carbons (Fsp3) is 0.414. The van der Waals surface area contributed by atoms with E-state index < -0.39 is 17.8 Å². The number of methoxy groups -OCH3 is 1. The van der Waals surface area contributed by atoms with Crippen LogP contribution in [0.25, 0.3) is 6.08 Å². The van der Waals surface area contributed by atoms with Gasteiger partial charge in [-0.15, -0.1) is 0 Å². The van der Waals surface area contributed by atoms with Crippen molar-refractivity contribution in [3.63, 3.8) is 0 Å². The number of hydrogen-bond acceptors (Lipinski definition) is 7. The van der Waals surface area contributed by atoms with Crippen LogP contribution in [0.2, 0.25) is 5.02 Å². The first-order valence-corrected chi connectivity index (χ1v) is 13.5. The van der Waals surface area contributed by atoms with Crippen molar-refractivity contribution in [3.8, 4) is 23.0 Å². The van der Waals surface area contributed by atoms with Gasteiger partial charge in [-0.25, -0.2) is 9.69 Å². The van der Waals surface area contributed by atoms with Gasteiger partial charge in [0.05, 0.1) is 37.6 Å². The van der Waals surface area contributed by atoms with E-state index in [1.165, 1.54) is 19.3 Å². The summed E-state index contributed by atoms with van der Waals surface area (Å²) in [6, 6.07) is 7.03. The number of carbonyl (C=O) groups excluding carboxylic acids is 3. The van der Waals surface area contributed by atoms with Gasteiger partial charge in [0, 0.05) is 6.07 Å². The first kappa shape index (κ1) is 29.8. The summed E-state index contributed by atoms with van der Waals surface area (Å²) in [5.74, 6) is 0.0231. The Labute approximate surface area is 234 Å². The van der Waals surface area contributed by atoms with Crippen LogP contribution in [0.1, 0.15) is 58.4 Å². The molecule has 0 radical (unpaired) electrons. The van der Waals surface area contributed by atoms with Gasteiger partial charge in [-0.2, -0.15) is 0 Å². The number of rotatable bonds is 14. The molecule has 4 amide bonds. The van der Waals surface area contributed by atoms with Gasteiger partial charge in [0.1, 0.15) is 5.57 Å². The molecule has 2 aromatic carbocycles. The Morgan fingerprint density at radius 1 is 0.872 bits per heavy atom. The van der Waals surface area contributed by atoms with E-state index in [-0.39, 0.29) is 16.3 Å². The maximum absolute atomic E-state index is 13.4. The van der Waals surface area contributed by atoms with Crippen LogP contribution < -0.4 is 29.2 Å². The van der Waals surface area contributed by atoms with Crippen LogP contribution in [-0.4, -0.2) is 44.8 Å². The molecule has 10 heteroatoms. The number of amides is 4. The molecule has 1 heterocycles. The average molecular weight is 559 g/mol. The fourth-order valence-electron chi connectivity index (χ4n) is 3.96. The van der Waals surface area contributed by atoms with Crippen LogP contribution in [0.5, 0.6) is 23.0 Å². The summed E-state index contributed by atoms with van der Waals surface area (Å²) in [7, 11) is 1.46. The molecule has 3 rings (SSSR count). The Bertz CT molecular complexity index is 1230. The quantitative estimate of drug-likeness (QED) is 0.168. The molecule has 39 heavy (non-hydrogen) atoms. The van der Waals surface area contributed by atoms with Crippen LogP contribution in [0.15, 0.2) is 35.9 Å². The summed E-state index contributed by atoms with van der Waals surface area (Å²) < 4.78 is 22.7. The Balaban J connectivity index is 1.91. The molecule has 0 unspecified atom stereocenters. The van der Waals surface area contributed by atoms with Gasteiger partial charge < -0.3 is 18.9 Å². The molecule has 2 aromatic rings. The van der Waals surface area contributed by atoms with Crippen molar-refractivity contribution < 1.29 is 33.3 Å². The zero-order valence-corrected chi connectivity index (χ0v) is 23.6. The first-order chi connectivity index (χ1) is 18.8. The third kappa shape index (κ3) is 7.44. The molecule has 0 atom stereocenters. The first-order valence-electron chi connectivity index (χ1n) is 13.2. The van der Waals surface area contributed by atoms with Crippen LogP contribution in [0.3, 0.4) is 0 Å². The van der Waals surface area contributed by atoms with Gasteiger partial charge in [0.2, 0.25) is 0 Å². The number of hydrogen-bond donors (Lipinski definition) is 1. The van der Waals surface area contributed by atoms with E-state index in [2.05, 4.69) is 12.2 Å². The SMILES string of the molecule is CCCCCCOc1c(Cl)cc(/C=C2/C(=O)NC(=O)N(c3ccc(OCCC)c(OC)c3)C2=O)cc1OCC. The van der Waals surface area contributed by atoms with Gasteiger partial charge in [-0.1, -0.05) is 44.7 Å². The minimum absolute atomic E-state index is 0.219. The van der Waals surface area contributed by atoms with E-state index in [0.717, 1.165) is 37.0 Å². The lowest BCUT2D eigenvalue weighted by molar-refractivity contribution is -0.122. The summed E-state index contributed by atoms with van der Waals surface area (Å²) in [6.45, 7) is 7.28. The third-order valence-corrected chi connectivity index (χ3v) is 6.14. The fourth-order valence-corrected chi connectivity index (χ4v) is 4.24. The summed E-state index contributed by atoms with van der Waals surface area (Å²) in [4.78, 5) is 39.7. The molecule has 0 bridgehead atoms. The van der Waals surface area contributed by atoms with Crippen molar-refractivity contribution in [1.82, 2.24) is 5.32 Å². The number of ether oxygens (including phenoxy) is 4. The maximum Gasteiger partial charge on any atom is 0.335 e. The third-order valence-electron chi connectivity index (χ3n) is 5.86. The number of halogens is 1. The minimum Gasteiger partial charge on any atom is -0.493 e. The second-order valence-electron chi connectivity index (χ2n) is 8.81. The Hall–Kier alpha value is -3.72. The van der Waals surface area contributed by atoms with Crippen LogP contribution in [0, 0.1) is 0 Å². The summed E-state index contributed by atoms with van der Waals surface area (Å²) in [5.41, 5.74) is 0.415. The molecule has 1 saturated heterocycles. The highest BCUT2D eigenvalue weighted by Gasteiger charge is 2.37. The van der Waals surface area contributed by atoms with Crippen molar-refractivity contribution in [1.29, 1.82) is 0 Å². The van der Waals surface area contributed by atoms with Crippen molar-refractivity contribution >= 4 is 41.2 Å².